The molecule has 0 saturated heterocycles. The molecule has 1 aliphatic heterocycles. The highest BCUT2D eigenvalue weighted by Crippen LogP contribution is 2.34. The van der Waals surface area contributed by atoms with Gasteiger partial charge in [-0.15, -0.1) is 0 Å². The molecule has 3 rings (SSSR count). The standard InChI is InChI=1S/C14H13NO5S/c16-13-7-8-14(17)15(13)11-5-6-12(21(18,19)20)10-4-2-1-3-9(10)11/h1-8,13-14,16-17H,(H,18,19,20). The van der Waals surface area contributed by atoms with E-state index in [1.807, 2.05) is 0 Å². The molecule has 0 bridgehead atoms. The van der Waals surface area contributed by atoms with E-state index in [-0.39, 0.29) is 4.90 Å². The van der Waals surface area contributed by atoms with Gasteiger partial charge in [-0.3, -0.25) is 4.55 Å². The van der Waals surface area contributed by atoms with E-state index < -0.39 is 22.6 Å². The maximum Gasteiger partial charge on any atom is 0.295 e. The average molecular weight is 307 g/mol. The van der Waals surface area contributed by atoms with Gasteiger partial charge in [-0.2, -0.15) is 8.42 Å². The second-order valence-corrected chi connectivity index (χ2v) is 6.11. The Kier molecular flexibility index (Phi) is 3.22. The summed E-state index contributed by atoms with van der Waals surface area (Å²) in [5.41, 5.74) is 0.475. The van der Waals surface area contributed by atoms with E-state index in [2.05, 4.69) is 0 Å². The van der Waals surface area contributed by atoms with E-state index in [9.17, 15) is 23.2 Å². The number of aliphatic hydroxyl groups excluding tert-OH is 2. The zero-order chi connectivity index (χ0) is 15.2. The lowest BCUT2D eigenvalue weighted by Gasteiger charge is -2.28. The van der Waals surface area contributed by atoms with Crippen LogP contribution in [0.25, 0.3) is 10.8 Å². The first-order valence-corrected chi connectivity index (χ1v) is 7.65. The van der Waals surface area contributed by atoms with E-state index in [4.69, 9.17) is 0 Å². The van der Waals surface area contributed by atoms with E-state index in [1.54, 1.807) is 24.3 Å². The van der Waals surface area contributed by atoms with Crippen molar-refractivity contribution in [3.05, 3.63) is 48.6 Å². The Morgan fingerprint density at radius 3 is 2.05 bits per heavy atom. The first-order valence-electron chi connectivity index (χ1n) is 6.21. The highest BCUT2D eigenvalue weighted by atomic mass is 32.2. The maximum atomic E-state index is 11.4. The molecule has 6 nitrogen and oxygen atoms in total. The Morgan fingerprint density at radius 2 is 1.48 bits per heavy atom. The predicted octanol–water partition coefficient (Wildman–Crippen LogP) is 1.10. The van der Waals surface area contributed by atoms with Gasteiger partial charge in [0.2, 0.25) is 0 Å². The molecule has 3 N–H and O–H groups in total. The van der Waals surface area contributed by atoms with Crippen molar-refractivity contribution in [2.75, 3.05) is 4.90 Å². The lowest BCUT2D eigenvalue weighted by atomic mass is 10.1. The van der Waals surface area contributed by atoms with Gasteiger partial charge in [0.15, 0.2) is 0 Å². The molecule has 110 valence electrons. The van der Waals surface area contributed by atoms with Crippen LogP contribution in [0.5, 0.6) is 0 Å². The predicted molar refractivity (Wildman–Crippen MR) is 77.4 cm³/mol. The molecule has 0 radical (unpaired) electrons. The zero-order valence-electron chi connectivity index (χ0n) is 10.8. The molecule has 2 aromatic rings. The molecule has 21 heavy (non-hydrogen) atoms. The number of anilines is 1. The van der Waals surface area contributed by atoms with E-state index >= 15 is 0 Å². The van der Waals surface area contributed by atoms with Gasteiger partial charge in [0.05, 0.1) is 0 Å². The number of hydrogen-bond donors (Lipinski definition) is 3. The third-order valence-electron chi connectivity index (χ3n) is 3.44. The van der Waals surface area contributed by atoms with Crippen molar-refractivity contribution in [1.29, 1.82) is 0 Å². The van der Waals surface area contributed by atoms with Crippen LogP contribution in [0.3, 0.4) is 0 Å². The molecule has 0 saturated carbocycles. The average Bonchev–Trinajstić information content (AvgIpc) is 2.76. The van der Waals surface area contributed by atoms with Crippen molar-refractivity contribution in [3.8, 4) is 0 Å². The number of aliphatic hydroxyl groups is 2. The van der Waals surface area contributed by atoms with Crippen LogP contribution in [0.2, 0.25) is 0 Å². The molecule has 0 fully saturated rings. The van der Waals surface area contributed by atoms with E-state index in [0.717, 1.165) is 0 Å². The molecule has 1 aliphatic rings. The quantitative estimate of drug-likeness (QED) is 0.568. The second-order valence-electron chi connectivity index (χ2n) is 4.72. The van der Waals surface area contributed by atoms with Crippen LogP contribution in [0.15, 0.2) is 53.4 Å². The van der Waals surface area contributed by atoms with Crippen molar-refractivity contribution in [1.82, 2.24) is 0 Å². The van der Waals surface area contributed by atoms with E-state index in [0.29, 0.717) is 16.5 Å². The molecule has 1 heterocycles. The van der Waals surface area contributed by atoms with Crippen LogP contribution < -0.4 is 4.90 Å². The number of fused-ring (bicyclic) bond motifs is 1. The monoisotopic (exact) mass is 307 g/mol. The summed E-state index contributed by atoms with van der Waals surface area (Å²) >= 11 is 0. The third-order valence-corrected chi connectivity index (χ3v) is 4.35. The van der Waals surface area contributed by atoms with Crippen LogP contribution in [0, 0.1) is 0 Å². The van der Waals surface area contributed by atoms with Gasteiger partial charge < -0.3 is 15.1 Å². The first-order chi connectivity index (χ1) is 9.89. The van der Waals surface area contributed by atoms with Gasteiger partial charge >= 0.3 is 0 Å². The third kappa shape index (κ3) is 2.30. The van der Waals surface area contributed by atoms with Crippen molar-refractivity contribution >= 4 is 26.6 Å². The van der Waals surface area contributed by atoms with Gasteiger partial charge in [0.1, 0.15) is 17.4 Å². The minimum absolute atomic E-state index is 0.210. The van der Waals surface area contributed by atoms with Gasteiger partial charge in [-0.05, 0) is 24.3 Å². The number of hydrogen-bond acceptors (Lipinski definition) is 5. The Hall–Kier alpha value is -1.93. The first kappa shape index (κ1) is 14.0. The molecule has 7 heteroatoms. The molecule has 2 aromatic carbocycles. The fraction of sp³-hybridized carbons (Fsp3) is 0.143. The molecule has 2 atom stereocenters. The number of benzene rings is 2. The zero-order valence-corrected chi connectivity index (χ0v) is 11.6. The normalized spacial score (nSPS) is 22.1. The van der Waals surface area contributed by atoms with Gasteiger partial charge in [0, 0.05) is 16.5 Å². The summed E-state index contributed by atoms with van der Waals surface area (Å²) in [6.45, 7) is 0. The SMILES string of the molecule is O=S(=O)(O)c1ccc(N2C(O)C=CC2O)c2ccccc12. The summed E-state index contributed by atoms with van der Waals surface area (Å²) in [5.74, 6) is 0. The van der Waals surface area contributed by atoms with Crippen LogP contribution in [-0.2, 0) is 10.1 Å². The molecule has 0 spiro atoms. The topological polar surface area (TPSA) is 98.1 Å². The van der Waals surface area contributed by atoms with Crippen LogP contribution >= 0.6 is 0 Å². The lowest BCUT2D eigenvalue weighted by molar-refractivity contribution is 0.154. The van der Waals surface area contributed by atoms with Crippen molar-refractivity contribution in [3.63, 3.8) is 0 Å². The minimum Gasteiger partial charge on any atom is -0.370 e. The van der Waals surface area contributed by atoms with Crippen molar-refractivity contribution < 1.29 is 23.2 Å². The van der Waals surface area contributed by atoms with Crippen LogP contribution in [-0.4, -0.2) is 35.6 Å². The molecule has 0 aromatic heterocycles. The minimum atomic E-state index is -4.36. The van der Waals surface area contributed by atoms with Crippen LogP contribution in [0.1, 0.15) is 0 Å². The summed E-state index contributed by atoms with van der Waals surface area (Å²) < 4.78 is 32.2. The summed E-state index contributed by atoms with van der Waals surface area (Å²) in [5, 5.41) is 20.7. The Morgan fingerprint density at radius 1 is 0.905 bits per heavy atom. The van der Waals surface area contributed by atoms with Crippen molar-refractivity contribution in [2.24, 2.45) is 0 Å². The fourth-order valence-electron chi connectivity index (χ4n) is 2.53. The van der Waals surface area contributed by atoms with E-state index in [1.165, 1.54) is 29.2 Å². The van der Waals surface area contributed by atoms with Gasteiger partial charge in [0.25, 0.3) is 10.1 Å². The highest BCUT2D eigenvalue weighted by Gasteiger charge is 2.28. The van der Waals surface area contributed by atoms with Crippen molar-refractivity contribution in [2.45, 2.75) is 17.4 Å². The molecule has 2 unspecified atom stereocenters. The molecule has 0 amide bonds. The Balaban J connectivity index is 2.28. The lowest BCUT2D eigenvalue weighted by Crippen LogP contribution is -2.36. The molecule has 0 aliphatic carbocycles. The maximum absolute atomic E-state index is 11.4. The largest absolute Gasteiger partial charge is 0.370 e. The summed E-state index contributed by atoms with van der Waals surface area (Å²) in [7, 11) is -4.36. The van der Waals surface area contributed by atoms with Crippen LogP contribution in [0.4, 0.5) is 5.69 Å². The summed E-state index contributed by atoms with van der Waals surface area (Å²) in [4.78, 5) is 1.13. The Bertz CT molecular complexity index is 818. The summed E-state index contributed by atoms with van der Waals surface area (Å²) in [6, 6.07) is 9.29. The Labute approximate surface area is 121 Å². The van der Waals surface area contributed by atoms with Gasteiger partial charge in [-0.1, -0.05) is 24.3 Å². The number of rotatable bonds is 2. The second kappa shape index (κ2) is 4.81. The molecular formula is C14H13NO5S. The fourth-order valence-corrected chi connectivity index (χ4v) is 3.23. The highest BCUT2D eigenvalue weighted by molar-refractivity contribution is 7.86. The van der Waals surface area contributed by atoms with Gasteiger partial charge in [-0.25, -0.2) is 0 Å². The molecular weight excluding hydrogens is 294 g/mol. The summed E-state index contributed by atoms with van der Waals surface area (Å²) in [6.07, 6.45) is 0.881. The smallest absolute Gasteiger partial charge is 0.295 e. The number of nitrogens with zero attached hydrogens (tertiary/aromatic N) is 1.